The van der Waals surface area contributed by atoms with Gasteiger partial charge in [0.1, 0.15) is 6.54 Å². The fourth-order valence-corrected chi connectivity index (χ4v) is 6.51. The first-order chi connectivity index (χ1) is 17.9. The number of primary amides is 1. The average Bonchev–Trinajstić information content (AvgIpc) is 3.56. The summed E-state index contributed by atoms with van der Waals surface area (Å²) in [4.78, 5) is 25.4. The second kappa shape index (κ2) is 9.49. The Balaban J connectivity index is 1.45. The van der Waals surface area contributed by atoms with Gasteiger partial charge in [0.2, 0.25) is 11.9 Å². The molecule has 1 aromatic heterocycles. The van der Waals surface area contributed by atoms with Crippen molar-refractivity contribution in [2.45, 2.75) is 63.5 Å². The van der Waals surface area contributed by atoms with Gasteiger partial charge in [-0.15, -0.1) is 5.10 Å². The van der Waals surface area contributed by atoms with Crippen LogP contribution in [0.15, 0.2) is 58.4 Å². The van der Waals surface area contributed by atoms with E-state index in [9.17, 15) is 9.59 Å². The zero-order valence-electron chi connectivity index (χ0n) is 20.8. The number of carbonyl (C=O) groups excluding carboxylic acids is 1. The van der Waals surface area contributed by atoms with Crippen molar-refractivity contribution in [3.05, 3.63) is 80.7 Å². The Kier molecular flexibility index (Phi) is 6.15. The molecule has 0 radical (unpaired) electrons. The molecular weight excluding hydrogens is 488 g/mol. The molecule has 1 saturated carbocycles. The SMILES string of the molecule is NC(=O)Cn1c(N2C[C@@]3(CCc4ccccc43)C(c3ccc(Cl)cc3)=N2)nn(CC2CCCCC2)c1=O. The molecule has 0 bridgehead atoms. The molecule has 3 aliphatic rings. The van der Waals surface area contributed by atoms with Gasteiger partial charge in [-0.3, -0.25) is 9.36 Å². The van der Waals surface area contributed by atoms with Gasteiger partial charge in [-0.2, -0.15) is 5.10 Å². The van der Waals surface area contributed by atoms with E-state index < -0.39 is 5.91 Å². The van der Waals surface area contributed by atoms with Crippen LogP contribution in [-0.4, -0.2) is 32.5 Å². The summed E-state index contributed by atoms with van der Waals surface area (Å²) in [6, 6.07) is 16.2. The van der Waals surface area contributed by atoms with E-state index in [-0.39, 0.29) is 17.6 Å². The number of benzene rings is 2. The summed E-state index contributed by atoms with van der Waals surface area (Å²) in [5, 5.41) is 12.3. The Morgan fingerprint density at radius 1 is 1.08 bits per heavy atom. The summed E-state index contributed by atoms with van der Waals surface area (Å²) >= 11 is 6.20. The van der Waals surface area contributed by atoms with Gasteiger partial charge in [-0.05, 0) is 60.4 Å². The minimum atomic E-state index is -0.581. The summed E-state index contributed by atoms with van der Waals surface area (Å²) in [6.45, 7) is 0.846. The van der Waals surface area contributed by atoms with E-state index in [1.54, 1.807) is 5.01 Å². The van der Waals surface area contributed by atoms with Crippen molar-refractivity contribution in [2.75, 3.05) is 11.6 Å². The van der Waals surface area contributed by atoms with E-state index in [0.717, 1.165) is 37.0 Å². The molecule has 1 aliphatic heterocycles. The van der Waals surface area contributed by atoms with Crippen molar-refractivity contribution >= 4 is 29.2 Å². The molecule has 2 aliphatic carbocycles. The minimum Gasteiger partial charge on any atom is -0.368 e. The van der Waals surface area contributed by atoms with Crippen LogP contribution in [0, 0.1) is 5.92 Å². The van der Waals surface area contributed by atoms with Gasteiger partial charge in [0.25, 0.3) is 0 Å². The van der Waals surface area contributed by atoms with Crippen molar-refractivity contribution in [1.82, 2.24) is 14.3 Å². The summed E-state index contributed by atoms with van der Waals surface area (Å²) < 4.78 is 2.90. The van der Waals surface area contributed by atoms with Crippen LogP contribution < -0.4 is 16.4 Å². The van der Waals surface area contributed by atoms with E-state index in [2.05, 4.69) is 24.3 Å². The smallest absolute Gasteiger partial charge is 0.347 e. The molecular formula is C28H31ClN6O2. The Hall–Kier alpha value is -3.39. The normalized spacial score (nSPS) is 21.4. The standard InChI is InChI=1S/C28H31ClN6O2/c29-22-12-10-21(11-13-22)25-28(15-14-20-8-4-5-9-23(20)28)18-35(31-25)26-32-34(16-19-6-2-1-3-7-19)27(37)33(26)17-24(30)36/h4-5,8-13,19H,1-3,6-7,14-18H2,(H2,30,36)/t28-/m1/s1. The van der Waals surface area contributed by atoms with E-state index >= 15 is 0 Å². The number of aromatic nitrogens is 3. The lowest BCUT2D eigenvalue weighted by Gasteiger charge is -2.27. The number of amides is 1. The van der Waals surface area contributed by atoms with Gasteiger partial charge in [-0.1, -0.05) is 67.3 Å². The topological polar surface area (TPSA) is 98.5 Å². The summed E-state index contributed by atoms with van der Waals surface area (Å²) in [5.41, 5.74) is 9.36. The minimum absolute atomic E-state index is 0.231. The number of hydrazone groups is 1. The zero-order chi connectivity index (χ0) is 25.6. The maximum Gasteiger partial charge on any atom is 0.347 e. The highest BCUT2D eigenvalue weighted by Crippen LogP contribution is 2.46. The van der Waals surface area contributed by atoms with Crippen molar-refractivity contribution in [2.24, 2.45) is 16.8 Å². The van der Waals surface area contributed by atoms with Crippen molar-refractivity contribution in [3.63, 3.8) is 0 Å². The van der Waals surface area contributed by atoms with E-state index in [1.807, 2.05) is 24.3 Å². The first-order valence-electron chi connectivity index (χ1n) is 13.1. The van der Waals surface area contributed by atoms with Gasteiger partial charge in [-0.25, -0.2) is 14.5 Å². The van der Waals surface area contributed by atoms with Crippen LogP contribution in [0.3, 0.4) is 0 Å². The number of hydrogen-bond donors (Lipinski definition) is 1. The van der Waals surface area contributed by atoms with Crippen LogP contribution >= 0.6 is 11.6 Å². The molecule has 6 rings (SSSR count). The molecule has 2 N–H and O–H groups in total. The Morgan fingerprint density at radius 3 is 2.59 bits per heavy atom. The van der Waals surface area contributed by atoms with Crippen molar-refractivity contribution in [1.29, 1.82) is 0 Å². The number of rotatable bonds is 6. The molecule has 2 aromatic carbocycles. The molecule has 37 heavy (non-hydrogen) atoms. The highest BCUT2D eigenvalue weighted by molar-refractivity contribution is 6.30. The number of fused-ring (bicyclic) bond motifs is 2. The molecule has 0 saturated heterocycles. The quantitative estimate of drug-likeness (QED) is 0.535. The number of nitrogens with two attached hydrogens (primary N) is 1. The zero-order valence-corrected chi connectivity index (χ0v) is 21.5. The van der Waals surface area contributed by atoms with Gasteiger partial charge in [0.05, 0.1) is 17.7 Å². The summed E-state index contributed by atoms with van der Waals surface area (Å²) in [6.07, 6.45) is 7.62. The second-order valence-electron chi connectivity index (χ2n) is 10.6. The number of anilines is 1. The molecule has 9 heteroatoms. The molecule has 0 unspecified atom stereocenters. The predicted molar refractivity (Wildman–Crippen MR) is 144 cm³/mol. The predicted octanol–water partition coefficient (Wildman–Crippen LogP) is 3.87. The summed E-state index contributed by atoms with van der Waals surface area (Å²) in [7, 11) is 0. The van der Waals surface area contributed by atoms with Gasteiger partial charge < -0.3 is 5.73 Å². The Bertz CT molecular complexity index is 1420. The number of nitrogens with zero attached hydrogens (tertiary/aromatic N) is 5. The third-order valence-electron chi connectivity index (χ3n) is 8.17. The van der Waals surface area contributed by atoms with Crippen LogP contribution in [0.2, 0.25) is 5.02 Å². The lowest BCUT2D eigenvalue weighted by molar-refractivity contribution is -0.118. The highest BCUT2D eigenvalue weighted by Gasteiger charge is 2.49. The van der Waals surface area contributed by atoms with Crippen LogP contribution in [-0.2, 0) is 29.7 Å². The number of halogens is 1. The molecule has 1 amide bonds. The highest BCUT2D eigenvalue weighted by atomic mass is 35.5. The fourth-order valence-electron chi connectivity index (χ4n) is 6.39. The number of aryl methyl sites for hydroxylation is 1. The monoisotopic (exact) mass is 518 g/mol. The van der Waals surface area contributed by atoms with Gasteiger partial charge in [0.15, 0.2) is 0 Å². The van der Waals surface area contributed by atoms with Crippen LogP contribution in [0.25, 0.3) is 0 Å². The van der Waals surface area contributed by atoms with Gasteiger partial charge >= 0.3 is 5.69 Å². The van der Waals surface area contributed by atoms with E-state index in [1.165, 1.54) is 39.6 Å². The molecule has 3 aromatic rings. The second-order valence-corrected chi connectivity index (χ2v) is 11.0. The van der Waals surface area contributed by atoms with Crippen molar-refractivity contribution < 1.29 is 4.79 Å². The lowest BCUT2D eigenvalue weighted by Crippen LogP contribution is -2.38. The lowest BCUT2D eigenvalue weighted by atomic mass is 9.75. The third kappa shape index (κ3) is 4.27. The number of carbonyl (C=O) groups is 1. The third-order valence-corrected chi connectivity index (χ3v) is 8.42. The molecule has 1 spiro atoms. The van der Waals surface area contributed by atoms with Crippen molar-refractivity contribution in [3.8, 4) is 0 Å². The Labute approximate surface area is 220 Å². The molecule has 1 fully saturated rings. The van der Waals surface area contributed by atoms with Crippen LogP contribution in [0.1, 0.15) is 55.2 Å². The molecule has 192 valence electrons. The molecule has 2 heterocycles. The Morgan fingerprint density at radius 2 is 1.84 bits per heavy atom. The molecule has 8 nitrogen and oxygen atoms in total. The average molecular weight is 519 g/mol. The van der Waals surface area contributed by atoms with E-state index in [0.29, 0.717) is 30.0 Å². The fraction of sp³-hybridized carbons (Fsp3) is 0.429. The van der Waals surface area contributed by atoms with E-state index in [4.69, 9.17) is 27.5 Å². The largest absolute Gasteiger partial charge is 0.368 e. The van der Waals surface area contributed by atoms with Gasteiger partial charge in [0, 0.05) is 11.6 Å². The maximum absolute atomic E-state index is 13.4. The molecule has 1 atom stereocenters. The first-order valence-corrected chi connectivity index (χ1v) is 13.5. The van der Waals surface area contributed by atoms with Crippen LogP contribution in [0.5, 0.6) is 0 Å². The number of hydrogen-bond acceptors (Lipinski definition) is 5. The first kappa shape index (κ1) is 24.0. The maximum atomic E-state index is 13.4. The van der Waals surface area contributed by atoms with Crippen LogP contribution in [0.4, 0.5) is 5.95 Å². The summed E-state index contributed by atoms with van der Waals surface area (Å²) in [5.74, 6) is 0.200.